The van der Waals surface area contributed by atoms with Crippen molar-refractivity contribution in [2.24, 2.45) is 0 Å². The van der Waals surface area contributed by atoms with E-state index in [0.29, 0.717) is 0 Å². The van der Waals surface area contributed by atoms with Crippen LogP contribution >= 0.6 is 11.6 Å². The molecule has 0 aromatic heterocycles. The first kappa shape index (κ1) is 7.13. The largest absolute Gasteiger partial charge is 0.371 e. The van der Waals surface area contributed by atoms with Crippen LogP contribution in [-0.2, 0) is 0 Å². The van der Waals surface area contributed by atoms with E-state index >= 15 is 0 Å². The number of halogens is 1. The lowest BCUT2D eigenvalue weighted by Crippen LogP contribution is -2.37. The van der Waals surface area contributed by atoms with Gasteiger partial charge in [-0.05, 0) is 0 Å². The lowest BCUT2D eigenvalue weighted by atomic mass is 10.6. The van der Waals surface area contributed by atoms with Crippen LogP contribution in [0.4, 0.5) is 0 Å². The van der Waals surface area contributed by atoms with E-state index in [4.69, 9.17) is 20.4 Å². The monoisotopic (exact) mass is 128 g/mol. The van der Waals surface area contributed by atoms with Gasteiger partial charge < -0.3 is 20.4 Å². The first-order chi connectivity index (χ1) is 2.94. The summed E-state index contributed by atoms with van der Waals surface area (Å²) in [5.41, 5.74) is -2.06. The van der Waals surface area contributed by atoms with E-state index in [-0.39, 0.29) is 0 Å². The Hall–Kier alpha value is 0.130. The fourth-order valence-electron chi connectivity index (χ4n) is 0. The second-order valence-corrected chi connectivity index (χ2v) is 1.44. The minimum Gasteiger partial charge on any atom is -0.371 e. The van der Waals surface area contributed by atoms with Crippen molar-refractivity contribution in [3.63, 3.8) is 0 Å². The molecule has 0 fully saturated rings. The van der Waals surface area contributed by atoms with Gasteiger partial charge in [0.2, 0.25) is 5.56 Å². The summed E-state index contributed by atoms with van der Waals surface area (Å²) in [5, 5.41) is 31.4. The zero-order valence-electron chi connectivity index (χ0n) is 3.24. The minimum atomic E-state index is -3.18. The second kappa shape index (κ2) is 1.94. The predicted molar refractivity (Wildman–Crippen MR) is 21.2 cm³/mol. The van der Waals surface area contributed by atoms with Gasteiger partial charge in [0.1, 0.15) is 0 Å². The van der Waals surface area contributed by atoms with Crippen LogP contribution in [0.25, 0.3) is 0 Å². The van der Waals surface area contributed by atoms with Gasteiger partial charge in [0.15, 0.2) is 0 Å². The fraction of sp³-hybridized carbons (Fsp3) is 1.00. The lowest BCUT2D eigenvalue weighted by Gasteiger charge is -2.13. The predicted octanol–water partition coefficient (Wildman–Crippen LogP) is -1.83. The summed E-state index contributed by atoms with van der Waals surface area (Å²) in [6, 6.07) is 0. The van der Waals surface area contributed by atoms with Gasteiger partial charge >= 0.3 is 5.97 Å². The van der Waals surface area contributed by atoms with Crippen LogP contribution in [-0.4, -0.2) is 32.0 Å². The number of hydrogen-bond acceptors (Lipinski definition) is 4. The maximum absolute atomic E-state index is 7.90. The van der Waals surface area contributed by atoms with Crippen LogP contribution in [0.1, 0.15) is 0 Å². The molecular formula is C2H5ClO4. The molecular weight excluding hydrogens is 123 g/mol. The fourth-order valence-corrected chi connectivity index (χ4v) is 0. The van der Waals surface area contributed by atoms with Crippen molar-refractivity contribution in [3.05, 3.63) is 0 Å². The standard InChI is InChI=1S/C2H5ClO4/c3-1(4)2(5,6)7/h1,4-7H. The molecule has 7 heavy (non-hydrogen) atoms. The molecule has 44 valence electrons. The van der Waals surface area contributed by atoms with Gasteiger partial charge in [-0.15, -0.1) is 0 Å². The van der Waals surface area contributed by atoms with Crippen LogP contribution in [0.2, 0.25) is 0 Å². The number of hydrogen-bond donors (Lipinski definition) is 4. The van der Waals surface area contributed by atoms with Crippen molar-refractivity contribution in [1.82, 2.24) is 0 Å². The average Bonchev–Trinajstić information content (AvgIpc) is 1.31. The van der Waals surface area contributed by atoms with Gasteiger partial charge in [0, 0.05) is 0 Å². The third-order valence-electron chi connectivity index (χ3n) is 0.320. The zero-order valence-corrected chi connectivity index (χ0v) is 4.00. The van der Waals surface area contributed by atoms with Crippen molar-refractivity contribution in [2.45, 2.75) is 11.5 Å². The normalized spacial score (nSPS) is 16.7. The lowest BCUT2D eigenvalue weighted by molar-refractivity contribution is -0.337. The van der Waals surface area contributed by atoms with Crippen molar-refractivity contribution in [2.75, 3.05) is 0 Å². The summed E-state index contributed by atoms with van der Waals surface area (Å²) in [7, 11) is 0. The summed E-state index contributed by atoms with van der Waals surface area (Å²) in [4.78, 5) is 0. The number of alkyl halides is 1. The van der Waals surface area contributed by atoms with E-state index in [2.05, 4.69) is 11.6 Å². The Morgan fingerprint density at radius 3 is 1.43 bits per heavy atom. The second-order valence-electron chi connectivity index (χ2n) is 1.02. The van der Waals surface area contributed by atoms with Gasteiger partial charge in [0.25, 0.3) is 0 Å². The molecule has 1 unspecified atom stereocenters. The Kier molecular flexibility index (Phi) is 1.97. The maximum atomic E-state index is 7.90. The van der Waals surface area contributed by atoms with Crippen LogP contribution in [0.3, 0.4) is 0 Å². The third kappa shape index (κ3) is 2.78. The van der Waals surface area contributed by atoms with Gasteiger partial charge in [-0.1, -0.05) is 11.6 Å². The number of aliphatic hydroxyl groups is 4. The third-order valence-corrected chi connectivity index (χ3v) is 0.612. The summed E-state index contributed by atoms with van der Waals surface area (Å²) in [5.74, 6) is -3.18. The summed E-state index contributed by atoms with van der Waals surface area (Å²) in [6.45, 7) is 0. The van der Waals surface area contributed by atoms with Gasteiger partial charge in [0.05, 0.1) is 0 Å². The van der Waals surface area contributed by atoms with E-state index in [1.807, 2.05) is 0 Å². The first-order valence-corrected chi connectivity index (χ1v) is 1.87. The number of rotatable bonds is 1. The van der Waals surface area contributed by atoms with E-state index in [0.717, 1.165) is 0 Å². The SMILES string of the molecule is OC(Cl)C(O)(O)O. The molecule has 4 N–H and O–H groups in total. The Balaban J connectivity index is 3.54. The highest BCUT2D eigenvalue weighted by molar-refractivity contribution is 6.19. The molecule has 0 aromatic rings. The van der Waals surface area contributed by atoms with Gasteiger partial charge in [-0.25, -0.2) is 0 Å². The van der Waals surface area contributed by atoms with E-state index in [1.54, 1.807) is 0 Å². The molecule has 4 nitrogen and oxygen atoms in total. The van der Waals surface area contributed by atoms with Crippen molar-refractivity contribution >= 4 is 11.6 Å². The Morgan fingerprint density at radius 1 is 1.29 bits per heavy atom. The van der Waals surface area contributed by atoms with E-state index in [9.17, 15) is 0 Å². The van der Waals surface area contributed by atoms with Crippen LogP contribution in [0, 0.1) is 0 Å². The molecule has 0 radical (unpaired) electrons. The van der Waals surface area contributed by atoms with Crippen LogP contribution in [0.5, 0.6) is 0 Å². The highest BCUT2D eigenvalue weighted by Gasteiger charge is 2.27. The Morgan fingerprint density at radius 2 is 1.43 bits per heavy atom. The minimum absolute atomic E-state index is 2.06. The molecule has 1 atom stereocenters. The van der Waals surface area contributed by atoms with Crippen molar-refractivity contribution in [1.29, 1.82) is 0 Å². The highest BCUT2D eigenvalue weighted by atomic mass is 35.5. The topological polar surface area (TPSA) is 80.9 Å². The summed E-state index contributed by atoms with van der Waals surface area (Å²) >= 11 is 4.56. The molecule has 0 aromatic carbocycles. The van der Waals surface area contributed by atoms with Crippen molar-refractivity contribution < 1.29 is 20.4 Å². The van der Waals surface area contributed by atoms with E-state index < -0.39 is 11.5 Å². The molecule has 0 aliphatic rings. The van der Waals surface area contributed by atoms with Crippen LogP contribution < -0.4 is 0 Å². The molecule has 0 aliphatic heterocycles. The molecule has 0 aliphatic carbocycles. The quantitative estimate of drug-likeness (QED) is 0.248. The molecule has 0 amide bonds. The zero-order chi connectivity index (χ0) is 6.08. The van der Waals surface area contributed by atoms with Crippen LogP contribution in [0.15, 0.2) is 0 Å². The first-order valence-electron chi connectivity index (χ1n) is 1.44. The Bertz CT molecular complexity index is 55.2. The van der Waals surface area contributed by atoms with Crippen molar-refractivity contribution in [3.8, 4) is 0 Å². The molecule has 5 heteroatoms. The molecule has 0 rings (SSSR count). The van der Waals surface area contributed by atoms with E-state index in [1.165, 1.54) is 0 Å². The molecule has 0 spiro atoms. The molecule has 0 saturated heterocycles. The van der Waals surface area contributed by atoms with Gasteiger partial charge in [-0.2, -0.15) is 0 Å². The molecule has 0 bridgehead atoms. The Labute approximate surface area is 44.6 Å². The van der Waals surface area contributed by atoms with Gasteiger partial charge in [-0.3, -0.25) is 0 Å². The maximum Gasteiger partial charge on any atom is 0.317 e. The molecule has 0 heterocycles. The average molecular weight is 129 g/mol. The number of aliphatic hydroxyl groups excluding tert-OH is 1. The summed E-state index contributed by atoms with van der Waals surface area (Å²) < 4.78 is 0. The molecule has 0 saturated carbocycles. The highest BCUT2D eigenvalue weighted by Crippen LogP contribution is 2.03. The smallest absolute Gasteiger partial charge is 0.317 e. The summed E-state index contributed by atoms with van der Waals surface area (Å²) in [6.07, 6.45) is 0.